The third-order valence-corrected chi connectivity index (χ3v) is 7.07. The number of fused-ring (bicyclic) bond motifs is 1. The smallest absolute Gasteiger partial charge is 0.266 e. The third kappa shape index (κ3) is 3.79. The van der Waals surface area contributed by atoms with Gasteiger partial charge in [0.2, 0.25) is 0 Å². The zero-order chi connectivity index (χ0) is 20.6. The SMILES string of the molecule is C=CCN1C(=O)/C(=C\c2cc3c(cc2C)N(CCC)C(C)(C)CC3C)SC1=S. The quantitative estimate of drug-likeness (QED) is 0.341. The number of carbonyl (C=O) groups is 1. The minimum Gasteiger partial charge on any atom is -0.366 e. The lowest BCUT2D eigenvalue weighted by molar-refractivity contribution is -0.121. The van der Waals surface area contributed by atoms with E-state index >= 15 is 0 Å². The molecule has 5 heteroatoms. The van der Waals surface area contributed by atoms with Gasteiger partial charge in [-0.1, -0.05) is 43.9 Å². The molecule has 2 aliphatic rings. The molecule has 0 aliphatic carbocycles. The van der Waals surface area contributed by atoms with Crippen LogP contribution in [0, 0.1) is 6.92 Å². The molecule has 0 aromatic heterocycles. The van der Waals surface area contributed by atoms with E-state index in [-0.39, 0.29) is 11.4 Å². The Bertz CT molecular complexity index is 856. The fraction of sp³-hybridized carbons (Fsp3) is 0.478. The molecule has 1 fully saturated rings. The molecule has 1 unspecified atom stereocenters. The van der Waals surface area contributed by atoms with Gasteiger partial charge in [-0.15, -0.1) is 6.58 Å². The van der Waals surface area contributed by atoms with Gasteiger partial charge in [-0.3, -0.25) is 9.69 Å². The lowest BCUT2D eigenvalue weighted by atomic mass is 9.79. The largest absolute Gasteiger partial charge is 0.366 e. The maximum Gasteiger partial charge on any atom is 0.266 e. The molecule has 0 radical (unpaired) electrons. The first kappa shape index (κ1) is 21.1. The van der Waals surface area contributed by atoms with Gasteiger partial charge in [0.05, 0.1) is 4.91 Å². The summed E-state index contributed by atoms with van der Waals surface area (Å²) in [5.41, 5.74) is 5.19. The lowest BCUT2D eigenvalue weighted by Crippen LogP contribution is -2.48. The van der Waals surface area contributed by atoms with Gasteiger partial charge in [-0.2, -0.15) is 0 Å². The van der Waals surface area contributed by atoms with Crippen molar-refractivity contribution in [1.82, 2.24) is 4.90 Å². The van der Waals surface area contributed by atoms with Crippen LogP contribution in [0.3, 0.4) is 0 Å². The van der Waals surface area contributed by atoms with Gasteiger partial charge in [0.25, 0.3) is 5.91 Å². The van der Waals surface area contributed by atoms with Crippen LogP contribution < -0.4 is 4.90 Å². The second kappa shape index (κ2) is 8.03. The number of nitrogens with zero attached hydrogens (tertiary/aromatic N) is 2. The minimum absolute atomic E-state index is 0.0196. The van der Waals surface area contributed by atoms with E-state index in [0.29, 0.717) is 21.7 Å². The Morgan fingerprint density at radius 2 is 2.11 bits per heavy atom. The molecule has 150 valence electrons. The summed E-state index contributed by atoms with van der Waals surface area (Å²) in [6.45, 7) is 16.6. The van der Waals surface area contributed by atoms with Crippen molar-refractivity contribution in [3.05, 3.63) is 46.4 Å². The molecule has 0 saturated carbocycles. The standard InChI is InChI=1S/C23H30N2OS2/c1-7-9-24-21(26)20(28-22(24)27)13-17-12-18-16(4)14-23(5,6)25(10-8-2)19(18)11-15(17)3/h7,11-13,16H,1,8-10,14H2,2-6H3/b20-13+. The predicted molar refractivity (Wildman–Crippen MR) is 126 cm³/mol. The highest BCUT2D eigenvalue weighted by Crippen LogP contribution is 2.45. The number of hydrogen-bond acceptors (Lipinski definition) is 4. The number of rotatable bonds is 5. The molecule has 1 saturated heterocycles. The number of thiocarbonyl (C=S) groups is 1. The van der Waals surface area contributed by atoms with Crippen LogP contribution in [-0.2, 0) is 4.79 Å². The molecule has 1 aromatic carbocycles. The van der Waals surface area contributed by atoms with E-state index in [1.54, 1.807) is 11.0 Å². The first-order chi connectivity index (χ1) is 13.2. The summed E-state index contributed by atoms with van der Waals surface area (Å²) >= 11 is 6.75. The maximum atomic E-state index is 12.7. The molecule has 0 N–H and O–H groups in total. The number of hydrogen-bond donors (Lipinski definition) is 0. The van der Waals surface area contributed by atoms with Gasteiger partial charge in [0.15, 0.2) is 0 Å². The first-order valence-electron chi connectivity index (χ1n) is 9.98. The fourth-order valence-electron chi connectivity index (χ4n) is 4.38. The van der Waals surface area contributed by atoms with E-state index in [1.165, 1.54) is 28.6 Å². The normalized spacial score (nSPS) is 22.8. The van der Waals surface area contributed by atoms with Crippen molar-refractivity contribution in [1.29, 1.82) is 0 Å². The van der Waals surface area contributed by atoms with Gasteiger partial charge >= 0.3 is 0 Å². The highest BCUT2D eigenvalue weighted by Gasteiger charge is 2.36. The summed E-state index contributed by atoms with van der Waals surface area (Å²) in [6.07, 6.45) is 5.98. The molecule has 1 atom stereocenters. The highest BCUT2D eigenvalue weighted by atomic mass is 32.2. The van der Waals surface area contributed by atoms with Gasteiger partial charge in [-0.25, -0.2) is 0 Å². The molecule has 1 aromatic rings. The summed E-state index contributed by atoms with van der Waals surface area (Å²) < 4.78 is 0.607. The van der Waals surface area contributed by atoms with Crippen molar-refractivity contribution in [2.24, 2.45) is 0 Å². The number of anilines is 1. The van der Waals surface area contributed by atoms with Gasteiger partial charge in [0.1, 0.15) is 4.32 Å². The average molecular weight is 415 g/mol. The monoisotopic (exact) mass is 414 g/mol. The third-order valence-electron chi connectivity index (χ3n) is 5.69. The molecule has 28 heavy (non-hydrogen) atoms. The Hall–Kier alpha value is -1.59. The summed E-state index contributed by atoms with van der Waals surface area (Å²) in [4.78, 5) is 17.6. The van der Waals surface area contributed by atoms with Crippen molar-refractivity contribution in [2.45, 2.75) is 58.9 Å². The molecule has 3 nitrogen and oxygen atoms in total. The Kier molecular flexibility index (Phi) is 6.06. The van der Waals surface area contributed by atoms with Crippen LogP contribution in [0.2, 0.25) is 0 Å². The summed E-state index contributed by atoms with van der Waals surface area (Å²) in [7, 11) is 0. The van der Waals surface area contributed by atoms with E-state index in [9.17, 15) is 4.79 Å². The molecular formula is C23H30N2OS2. The topological polar surface area (TPSA) is 23.6 Å². The molecule has 0 spiro atoms. The van der Waals surface area contributed by atoms with Crippen molar-refractivity contribution in [3.63, 3.8) is 0 Å². The van der Waals surface area contributed by atoms with Crippen molar-refractivity contribution < 1.29 is 4.79 Å². The van der Waals surface area contributed by atoms with E-state index < -0.39 is 0 Å². The Morgan fingerprint density at radius 3 is 2.75 bits per heavy atom. The number of aryl methyl sites for hydroxylation is 1. The molecular weight excluding hydrogens is 384 g/mol. The number of benzene rings is 1. The molecule has 2 heterocycles. The van der Waals surface area contributed by atoms with E-state index in [4.69, 9.17) is 12.2 Å². The molecule has 2 aliphatic heterocycles. The maximum absolute atomic E-state index is 12.7. The van der Waals surface area contributed by atoms with Gasteiger partial charge in [-0.05, 0) is 74.4 Å². The minimum atomic E-state index is -0.0196. The van der Waals surface area contributed by atoms with E-state index in [2.05, 4.69) is 58.2 Å². The van der Waals surface area contributed by atoms with Crippen molar-refractivity contribution >= 4 is 46.0 Å². The van der Waals surface area contributed by atoms with Crippen LogP contribution in [0.5, 0.6) is 0 Å². The summed E-state index contributed by atoms with van der Waals surface area (Å²) in [6, 6.07) is 4.59. The van der Waals surface area contributed by atoms with Crippen LogP contribution in [0.15, 0.2) is 29.7 Å². The van der Waals surface area contributed by atoms with Crippen LogP contribution in [0.25, 0.3) is 6.08 Å². The van der Waals surface area contributed by atoms with Crippen LogP contribution >= 0.6 is 24.0 Å². The van der Waals surface area contributed by atoms with Gasteiger partial charge < -0.3 is 4.90 Å². The van der Waals surface area contributed by atoms with E-state index in [0.717, 1.165) is 24.9 Å². The zero-order valence-corrected chi connectivity index (χ0v) is 19.2. The van der Waals surface area contributed by atoms with Crippen LogP contribution in [0.1, 0.15) is 63.1 Å². The molecule has 1 amide bonds. The van der Waals surface area contributed by atoms with Crippen LogP contribution in [0.4, 0.5) is 5.69 Å². The Labute approximate surface area is 178 Å². The fourth-order valence-corrected chi connectivity index (χ4v) is 5.65. The second-order valence-corrected chi connectivity index (χ2v) is 10.1. The van der Waals surface area contributed by atoms with Crippen LogP contribution in [-0.4, -0.2) is 33.8 Å². The van der Waals surface area contributed by atoms with Gasteiger partial charge in [0, 0.05) is 24.3 Å². The van der Waals surface area contributed by atoms with Crippen molar-refractivity contribution in [2.75, 3.05) is 18.0 Å². The highest BCUT2D eigenvalue weighted by molar-refractivity contribution is 8.26. The molecule has 3 rings (SSSR count). The number of thioether (sulfide) groups is 1. The Balaban J connectivity index is 2.02. The summed E-state index contributed by atoms with van der Waals surface area (Å²) in [5, 5.41) is 0. The first-order valence-corrected chi connectivity index (χ1v) is 11.2. The lowest BCUT2D eigenvalue weighted by Gasteiger charge is -2.48. The zero-order valence-electron chi connectivity index (χ0n) is 17.5. The Morgan fingerprint density at radius 1 is 1.39 bits per heavy atom. The second-order valence-electron chi connectivity index (χ2n) is 8.42. The average Bonchev–Trinajstić information content (AvgIpc) is 2.87. The van der Waals surface area contributed by atoms with E-state index in [1.807, 2.05) is 6.08 Å². The van der Waals surface area contributed by atoms with Crippen molar-refractivity contribution in [3.8, 4) is 0 Å². The predicted octanol–water partition coefficient (Wildman–Crippen LogP) is 5.88. The summed E-state index contributed by atoms with van der Waals surface area (Å²) in [5.74, 6) is 0.468. The number of amides is 1. The molecule has 0 bridgehead atoms. The number of carbonyl (C=O) groups excluding carboxylic acids is 1.